The number of hydrogen-bond donors (Lipinski definition) is 1. The van der Waals surface area contributed by atoms with Crippen LogP contribution in [0.3, 0.4) is 0 Å². The lowest BCUT2D eigenvalue weighted by atomic mass is 9.79. The summed E-state index contributed by atoms with van der Waals surface area (Å²) in [5.74, 6) is 2.18. The Labute approximate surface area is 205 Å². The van der Waals surface area contributed by atoms with Crippen molar-refractivity contribution in [3.8, 4) is 11.5 Å². The summed E-state index contributed by atoms with van der Waals surface area (Å²) in [4.78, 5) is 15.2. The molecule has 0 aliphatic carbocycles. The van der Waals surface area contributed by atoms with Crippen LogP contribution in [0.15, 0.2) is 12.1 Å². The van der Waals surface area contributed by atoms with E-state index >= 15 is 0 Å². The second-order valence-electron chi connectivity index (χ2n) is 9.54. The lowest BCUT2D eigenvalue weighted by Crippen LogP contribution is -2.51. The average Bonchev–Trinajstić information content (AvgIpc) is 2.71. The fourth-order valence-corrected chi connectivity index (χ4v) is 4.88. The molecule has 0 aromatic heterocycles. The van der Waals surface area contributed by atoms with E-state index in [-0.39, 0.29) is 48.8 Å². The molecule has 0 spiro atoms. The number of fused-ring (bicyclic) bond motifs is 3. The molecule has 2 aliphatic rings. The van der Waals surface area contributed by atoms with Gasteiger partial charge in [0.05, 0.1) is 14.2 Å². The molecular formula is C24H40Cl2N2O4. The van der Waals surface area contributed by atoms with Crippen molar-refractivity contribution in [2.24, 2.45) is 23.5 Å². The summed E-state index contributed by atoms with van der Waals surface area (Å²) in [5.41, 5.74) is 8.64. The van der Waals surface area contributed by atoms with Crippen LogP contribution < -0.4 is 15.2 Å². The average molecular weight is 492 g/mol. The van der Waals surface area contributed by atoms with E-state index in [0.29, 0.717) is 11.8 Å². The van der Waals surface area contributed by atoms with E-state index in [2.05, 4.69) is 30.9 Å². The molecule has 0 saturated carbocycles. The van der Waals surface area contributed by atoms with Gasteiger partial charge in [-0.1, -0.05) is 27.7 Å². The van der Waals surface area contributed by atoms with Crippen molar-refractivity contribution in [1.29, 1.82) is 0 Å². The first kappa shape index (κ1) is 28.8. The summed E-state index contributed by atoms with van der Waals surface area (Å²) in [5, 5.41) is 0. The number of carbonyl (C=O) groups is 1. The van der Waals surface area contributed by atoms with Crippen molar-refractivity contribution in [3.63, 3.8) is 0 Å². The van der Waals surface area contributed by atoms with Crippen molar-refractivity contribution in [3.05, 3.63) is 23.3 Å². The Balaban J connectivity index is 0.00000256. The van der Waals surface area contributed by atoms with Gasteiger partial charge in [0.25, 0.3) is 0 Å². The molecule has 2 heterocycles. The van der Waals surface area contributed by atoms with Crippen LogP contribution in [-0.2, 0) is 16.0 Å². The van der Waals surface area contributed by atoms with E-state index in [1.165, 1.54) is 11.1 Å². The Bertz CT molecular complexity index is 760. The fraction of sp³-hybridized carbons (Fsp3) is 0.708. The van der Waals surface area contributed by atoms with E-state index < -0.39 is 6.04 Å². The van der Waals surface area contributed by atoms with Crippen molar-refractivity contribution < 1.29 is 19.0 Å². The van der Waals surface area contributed by atoms with Gasteiger partial charge in [-0.05, 0) is 47.9 Å². The molecule has 4 atom stereocenters. The Kier molecular flexibility index (Phi) is 11.1. The van der Waals surface area contributed by atoms with Crippen molar-refractivity contribution >= 4 is 30.8 Å². The van der Waals surface area contributed by atoms with Gasteiger partial charge in [0, 0.05) is 31.5 Å². The first-order valence-electron chi connectivity index (χ1n) is 11.2. The molecule has 1 aromatic rings. The molecule has 1 saturated heterocycles. The highest BCUT2D eigenvalue weighted by Gasteiger charge is 2.41. The van der Waals surface area contributed by atoms with Gasteiger partial charge in [-0.25, -0.2) is 0 Å². The summed E-state index contributed by atoms with van der Waals surface area (Å²) in [6.45, 7) is 10.3. The highest BCUT2D eigenvalue weighted by molar-refractivity contribution is 5.85. The van der Waals surface area contributed by atoms with Gasteiger partial charge >= 0.3 is 5.97 Å². The van der Waals surface area contributed by atoms with E-state index in [1.807, 2.05) is 13.8 Å². The normalized spacial score (nSPS) is 23.3. The monoisotopic (exact) mass is 490 g/mol. The number of halogens is 2. The molecule has 2 aliphatic heterocycles. The van der Waals surface area contributed by atoms with Gasteiger partial charge in [-0.15, -0.1) is 24.8 Å². The highest BCUT2D eigenvalue weighted by atomic mass is 35.5. The molecule has 0 amide bonds. The van der Waals surface area contributed by atoms with E-state index in [0.717, 1.165) is 43.9 Å². The van der Waals surface area contributed by atoms with Crippen LogP contribution in [0.5, 0.6) is 11.5 Å². The van der Waals surface area contributed by atoms with Crippen LogP contribution in [0.4, 0.5) is 0 Å². The van der Waals surface area contributed by atoms with Crippen LogP contribution >= 0.6 is 24.8 Å². The second-order valence-corrected chi connectivity index (χ2v) is 9.54. The summed E-state index contributed by atoms with van der Waals surface area (Å²) < 4.78 is 17.1. The molecule has 6 nitrogen and oxygen atoms in total. The predicted octanol–water partition coefficient (Wildman–Crippen LogP) is 4.41. The Hall–Kier alpha value is -1.21. The molecule has 1 fully saturated rings. The first-order chi connectivity index (χ1) is 14.2. The number of ether oxygens (including phenoxy) is 3. The number of esters is 1. The van der Waals surface area contributed by atoms with Crippen LogP contribution in [0, 0.1) is 17.8 Å². The highest BCUT2D eigenvalue weighted by Crippen LogP contribution is 2.44. The van der Waals surface area contributed by atoms with Gasteiger partial charge < -0.3 is 19.9 Å². The van der Waals surface area contributed by atoms with E-state index in [1.54, 1.807) is 14.2 Å². The topological polar surface area (TPSA) is 74.0 Å². The molecule has 0 unspecified atom stereocenters. The third kappa shape index (κ3) is 6.22. The third-order valence-corrected chi connectivity index (χ3v) is 6.60. The maximum atomic E-state index is 12.7. The minimum absolute atomic E-state index is 0. The summed E-state index contributed by atoms with van der Waals surface area (Å²) in [7, 11) is 3.34. The van der Waals surface area contributed by atoms with Crippen LogP contribution in [0.25, 0.3) is 0 Å². The molecule has 0 radical (unpaired) electrons. The molecule has 3 rings (SSSR count). The SMILES string of the molecule is COc1cc2c(cc1OC)[C@H]1C[C@@H](OC(=O)[C@@H](N)C(C)C)[C@H](CC(C)C)CN1CC2.Cl.Cl. The first-order valence-corrected chi connectivity index (χ1v) is 11.2. The van der Waals surface area contributed by atoms with Gasteiger partial charge in [0.2, 0.25) is 0 Å². The molecule has 32 heavy (non-hydrogen) atoms. The van der Waals surface area contributed by atoms with Gasteiger partial charge in [0.15, 0.2) is 11.5 Å². The molecule has 0 bridgehead atoms. The predicted molar refractivity (Wildman–Crippen MR) is 132 cm³/mol. The minimum atomic E-state index is -0.578. The number of benzene rings is 1. The lowest BCUT2D eigenvalue weighted by Gasteiger charge is -2.47. The third-order valence-electron chi connectivity index (χ3n) is 6.60. The van der Waals surface area contributed by atoms with E-state index in [4.69, 9.17) is 19.9 Å². The fourth-order valence-electron chi connectivity index (χ4n) is 4.88. The number of nitrogens with zero attached hydrogens (tertiary/aromatic N) is 1. The maximum Gasteiger partial charge on any atom is 0.323 e. The number of piperidine rings is 1. The van der Waals surface area contributed by atoms with Crippen LogP contribution in [-0.4, -0.2) is 50.3 Å². The van der Waals surface area contributed by atoms with Gasteiger partial charge in [0.1, 0.15) is 12.1 Å². The number of nitrogens with two attached hydrogens (primary N) is 1. The van der Waals surface area contributed by atoms with Gasteiger partial charge in [-0.3, -0.25) is 9.69 Å². The Morgan fingerprint density at radius 2 is 1.75 bits per heavy atom. The second kappa shape index (κ2) is 12.3. The summed E-state index contributed by atoms with van der Waals surface area (Å²) >= 11 is 0. The summed E-state index contributed by atoms with van der Waals surface area (Å²) in [6, 6.07) is 3.84. The zero-order valence-corrected chi connectivity index (χ0v) is 21.8. The lowest BCUT2D eigenvalue weighted by molar-refractivity contribution is -0.160. The zero-order valence-electron chi connectivity index (χ0n) is 20.1. The van der Waals surface area contributed by atoms with Crippen molar-refractivity contribution in [2.45, 2.75) is 65.1 Å². The molecule has 8 heteroatoms. The smallest absolute Gasteiger partial charge is 0.323 e. The Morgan fingerprint density at radius 3 is 2.31 bits per heavy atom. The van der Waals surface area contributed by atoms with E-state index in [9.17, 15) is 4.79 Å². The zero-order chi connectivity index (χ0) is 22.0. The molecule has 1 aromatic carbocycles. The quantitative estimate of drug-likeness (QED) is 0.570. The minimum Gasteiger partial charge on any atom is -0.493 e. The maximum absolute atomic E-state index is 12.7. The number of hydrogen-bond acceptors (Lipinski definition) is 6. The van der Waals surface area contributed by atoms with Crippen molar-refractivity contribution in [2.75, 3.05) is 27.3 Å². The largest absolute Gasteiger partial charge is 0.493 e. The molecular weight excluding hydrogens is 451 g/mol. The number of methoxy groups -OCH3 is 2. The number of carbonyl (C=O) groups excluding carboxylic acids is 1. The molecule has 184 valence electrons. The summed E-state index contributed by atoms with van der Waals surface area (Å²) in [6.07, 6.45) is 2.70. The number of rotatable bonds is 7. The standard InChI is InChI=1S/C24H38N2O4.2ClH/c1-14(2)9-17-13-26-8-7-16-10-21(28-5)22(29-6)11-18(16)19(26)12-20(17)30-24(27)23(25)15(3)4;;/h10-11,14-15,17,19-20,23H,7-9,12-13,25H2,1-6H3;2*1H/t17-,19-,20-,23+;;/m1../s1. The van der Waals surface area contributed by atoms with Crippen LogP contribution in [0.2, 0.25) is 0 Å². The Morgan fingerprint density at radius 1 is 1.12 bits per heavy atom. The molecule has 2 N–H and O–H groups in total. The van der Waals surface area contributed by atoms with Gasteiger partial charge in [-0.2, -0.15) is 0 Å². The van der Waals surface area contributed by atoms with Crippen LogP contribution in [0.1, 0.15) is 57.7 Å². The van der Waals surface area contributed by atoms with Crippen molar-refractivity contribution in [1.82, 2.24) is 4.90 Å².